The van der Waals surface area contributed by atoms with E-state index in [0.29, 0.717) is 29.8 Å². The second kappa shape index (κ2) is 8.31. The summed E-state index contributed by atoms with van der Waals surface area (Å²) in [5.74, 6) is 0.457. The van der Waals surface area contributed by atoms with E-state index in [0.717, 1.165) is 12.0 Å². The zero-order valence-electron chi connectivity index (χ0n) is 15.8. The largest absolute Gasteiger partial charge is 0.494 e. The Morgan fingerprint density at radius 1 is 1.22 bits per heavy atom. The Morgan fingerprint density at radius 2 is 2.00 bits per heavy atom. The highest BCUT2D eigenvalue weighted by Gasteiger charge is 2.16. The highest BCUT2D eigenvalue weighted by atomic mass is 19.1. The molecule has 0 bridgehead atoms. The first-order valence-electron chi connectivity index (χ1n) is 9.06. The van der Waals surface area contributed by atoms with Gasteiger partial charge in [-0.15, -0.1) is 0 Å². The number of nitrogens with one attached hydrogen (secondary N) is 1. The molecule has 142 valence electrons. The number of ether oxygens (including phenoxy) is 1. The van der Waals surface area contributed by atoms with Gasteiger partial charge in [-0.05, 0) is 43.2 Å². The van der Waals surface area contributed by atoms with Gasteiger partial charge in [0.2, 0.25) is 0 Å². The summed E-state index contributed by atoms with van der Waals surface area (Å²) in [6.45, 7) is 5.23. The van der Waals surface area contributed by atoms with Crippen molar-refractivity contribution in [3.63, 3.8) is 0 Å². The van der Waals surface area contributed by atoms with Crippen molar-refractivity contribution in [2.24, 2.45) is 0 Å². The molecule has 0 aliphatic rings. The van der Waals surface area contributed by atoms with Crippen LogP contribution in [0.5, 0.6) is 5.75 Å². The molecule has 0 aliphatic heterocycles. The van der Waals surface area contributed by atoms with Crippen molar-refractivity contribution in [1.82, 2.24) is 14.9 Å². The number of aromatic nitrogens is 2. The molecule has 2 aromatic carbocycles. The summed E-state index contributed by atoms with van der Waals surface area (Å²) in [6.07, 6.45) is 0.927. The van der Waals surface area contributed by atoms with Crippen molar-refractivity contribution < 1.29 is 9.13 Å². The minimum Gasteiger partial charge on any atom is -0.494 e. The monoisotopic (exact) mass is 369 g/mol. The van der Waals surface area contributed by atoms with Crippen LogP contribution in [0.25, 0.3) is 10.9 Å². The molecule has 5 nitrogen and oxygen atoms in total. The van der Waals surface area contributed by atoms with E-state index in [4.69, 9.17) is 4.74 Å². The molecule has 27 heavy (non-hydrogen) atoms. The van der Waals surface area contributed by atoms with E-state index in [-0.39, 0.29) is 23.2 Å². The summed E-state index contributed by atoms with van der Waals surface area (Å²) in [4.78, 5) is 22.0. The second-order valence-electron chi connectivity index (χ2n) is 6.66. The average Bonchev–Trinajstić information content (AvgIpc) is 2.67. The van der Waals surface area contributed by atoms with Gasteiger partial charge in [-0.2, -0.15) is 0 Å². The Kier molecular flexibility index (Phi) is 5.86. The standard InChI is InChI=1S/C21H24FN3O2/c1-4-14(2)25(12-15-9-10-19(27-3)17(22)11-15)13-20-23-18-8-6-5-7-16(18)21(26)24-20/h5-11,14H,4,12-13H2,1-3H3,(H,23,24,26). The van der Waals surface area contributed by atoms with Crippen molar-refractivity contribution in [3.05, 3.63) is 70.0 Å². The average molecular weight is 369 g/mol. The van der Waals surface area contributed by atoms with Crippen molar-refractivity contribution >= 4 is 10.9 Å². The lowest BCUT2D eigenvalue weighted by Crippen LogP contribution is -2.33. The molecule has 1 aromatic heterocycles. The van der Waals surface area contributed by atoms with E-state index in [9.17, 15) is 9.18 Å². The van der Waals surface area contributed by atoms with Crippen LogP contribution in [0.1, 0.15) is 31.7 Å². The Labute approximate surface area is 157 Å². The van der Waals surface area contributed by atoms with Gasteiger partial charge in [0.1, 0.15) is 5.82 Å². The normalized spacial score (nSPS) is 12.5. The van der Waals surface area contributed by atoms with Crippen LogP contribution in [-0.4, -0.2) is 28.0 Å². The van der Waals surface area contributed by atoms with Gasteiger partial charge in [0.15, 0.2) is 11.6 Å². The molecule has 0 spiro atoms. The van der Waals surface area contributed by atoms with Crippen LogP contribution in [0.4, 0.5) is 4.39 Å². The summed E-state index contributed by atoms with van der Waals surface area (Å²) >= 11 is 0. The topological polar surface area (TPSA) is 58.2 Å². The molecule has 1 atom stereocenters. The fraction of sp³-hybridized carbons (Fsp3) is 0.333. The lowest BCUT2D eigenvalue weighted by molar-refractivity contribution is 0.181. The summed E-state index contributed by atoms with van der Waals surface area (Å²) < 4.78 is 19.0. The molecule has 3 aromatic rings. The molecule has 1 unspecified atom stereocenters. The smallest absolute Gasteiger partial charge is 0.258 e. The van der Waals surface area contributed by atoms with Gasteiger partial charge in [-0.25, -0.2) is 9.37 Å². The fourth-order valence-corrected chi connectivity index (χ4v) is 3.07. The molecule has 1 N–H and O–H groups in total. The summed E-state index contributed by atoms with van der Waals surface area (Å²) in [6, 6.07) is 12.5. The number of nitrogens with zero attached hydrogens (tertiary/aromatic N) is 2. The van der Waals surface area contributed by atoms with E-state index in [1.807, 2.05) is 24.3 Å². The SMILES string of the molecule is CCC(C)N(Cc1ccc(OC)c(F)c1)Cc1nc2ccccc2c(=O)[nH]1. The number of aromatic amines is 1. The van der Waals surface area contributed by atoms with Crippen molar-refractivity contribution in [3.8, 4) is 5.75 Å². The number of H-pyrrole nitrogens is 1. The molecule has 0 aliphatic carbocycles. The maximum Gasteiger partial charge on any atom is 0.258 e. The number of methoxy groups -OCH3 is 1. The second-order valence-corrected chi connectivity index (χ2v) is 6.66. The van der Waals surface area contributed by atoms with Crippen LogP contribution in [0.2, 0.25) is 0 Å². The highest BCUT2D eigenvalue weighted by Crippen LogP contribution is 2.20. The molecule has 0 radical (unpaired) electrons. The first-order chi connectivity index (χ1) is 13.0. The molecule has 3 rings (SSSR count). The maximum absolute atomic E-state index is 14.0. The third kappa shape index (κ3) is 4.34. The Morgan fingerprint density at radius 3 is 2.70 bits per heavy atom. The summed E-state index contributed by atoms with van der Waals surface area (Å²) in [7, 11) is 1.45. The Bertz CT molecular complexity index is 987. The quantitative estimate of drug-likeness (QED) is 0.687. The number of hydrogen-bond donors (Lipinski definition) is 1. The predicted octanol–water partition coefficient (Wildman–Crippen LogP) is 3.87. The number of rotatable bonds is 7. The van der Waals surface area contributed by atoms with Crippen LogP contribution in [0, 0.1) is 5.82 Å². The minimum absolute atomic E-state index is 0.143. The molecule has 0 saturated heterocycles. The molecule has 0 saturated carbocycles. The molecule has 0 fully saturated rings. The first-order valence-corrected chi connectivity index (χ1v) is 9.06. The van der Waals surface area contributed by atoms with Crippen molar-refractivity contribution in [2.75, 3.05) is 7.11 Å². The number of para-hydroxylation sites is 1. The van der Waals surface area contributed by atoms with Crippen LogP contribution in [-0.2, 0) is 13.1 Å². The van der Waals surface area contributed by atoms with Crippen molar-refractivity contribution in [1.29, 1.82) is 0 Å². The highest BCUT2D eigenvalue weighted by molar-refractivity contribution is 5.77. The van der Waals surface area contributed by atoms with Crippen LogP contribution in [0.3, 0.4) is 0 Å². The number of benzene rings is 2. The lowest BCUT2D eigenvalue weighted by Gasteiger charge is -2.28. The van der Waals surface area contributed by atoms with E-state index in [1.165, 1.54) is 13.2 Å². The molecule has 0 amide bonds. The first kappa shape index (κ1) is 19.0. The van der Waals surface area contributed by atoms with Gasteiger partial charge < -0.3 is 9.72 Å². The van der Waals surface area contributed by atoms with E-state index in [2.05, 4.69) is 28.7 Å². The minimum atomic E-state index is -0.378. The molecule has 6 heteroatoms. The van der Waals surface area contributed by atoms with Gasteiger partial charge in [-0.3, -0.25) is 9.69 Å². The Balaban J connectivity index is 1.87. The molecular weight excluding hydrogens is 345 g/mol. The lowest BCUT2D eigenvalue weighted by atomic mass is 10.1. The van der Waals surface area contributed by atoms with Gasteiger partial charge >= 0.3 is 0 Å². The maximum atomic E-state index is 14.0. The van der Waals surface area contributed by atoms with Crippen LogP contribution in [0.15, 0.2) is 47.3 Å². The summed E-state index contributed by atoms with van der Waals surface area (Å²) in [5, 5.41) is 0.577. The third-order valence-corrected chi connectivity index (χ3v) is 4.83. The zero-order chi connectivity index (χ0) is 19.4. The summed E-state index contributed by atoms with van der Waals surface area (Å²) in [5.41, 5.74) is 1.38. The van der Waals surface area contributed by atoms with Crippen LogP contribution >= 0.6 is 0 Å². The van der Waals surface area contributed by atoms with Crippen LogP contribution < -0.4 is 10.3 Å². The number of halogens is 1. The third-order valence-electron chi connectivity index (χ3n) is 4.83. The van der Waals surface area contributed by atoms with E-state index in [1.54, 1.807) is 12.1 Å². The molecular formula is C21H24FN3O2. The van der Waals surface area contributed by atoms with Gasteiger partial charge in [0, 0.05) is 12.6 Å². The number of hydrogen-bond acceptors (Lipinski definition) is 4. The van der Waals surface area contributed by atoms with Gasteiger partial charge in [-0.1, -0.05) is 25.1 Å². The predicted molar refractivity (Wildman–Crippen MR) is 104 cm³/mol. The fourth-order valence-electron chi connectivity index (χ4n) is 3.07. The van der Waals surface area contributed by atoms with Crippen molar-refractivity contribution in [2.45, 2.75) is 39.4 Å². The van der Waals surface area contributed by atoms with E-state index < -0.39 is 0 Å². The van der Waals surface area contributed by atoms with Gasteiger partial charge in [0.05, 0.1) is 24.6 Å². The van der Waals surface area contributed by atoms with E-state index >= 15 is 0 Å². The van der Waals surface area contributed by atoms with Gasteiger partial charge in [0.25, 0.3) is 5.56 Å². The zero-order valence-corrected chi connectivity index (χ0v) is 15.8. The Hall–Kier alpha value is -2.73. The number of fused-ring (bicyclic) bond motifs is 1. The molecule has 1 heterocycles.